The van der Waals surface area contributed by atoms with Gasteiger partial charge in [-0.3, -0.25) is 14.1 Å². The van der Waals surface area contributed by atoms with Gasteiger partial charge in [0.25, 0.3) is 5.91 Å². The molecule has 0 bridgehead atoms. The summed E-state index contributed by atoms with van der Waals surface area (Å²) < 4.78 is 63.9. The second-order valence-corrected chi connectivity index (χ2v) is 6.21. The summed E-state index contributed by atoms with van der Waals surface area (Å²) in [5.41, 5.74) is 3.00. The van der Waals surface area contributed by atoms with Crippen LogP contribution in [0.5, 0.6) is 0 Å². The highest BCUT2D eigenvalue weighted by atomic mass is 35.5. The van der Waals surface area contributed by atoms with Crippen LogP contribution in [0.2, 0.25) is 0 Å². The highest BCUT2D eigenvalue weighted by Gasteiger charge is 2.63. The van der Waals surface area contributed by atoms with Crippen molar-refractivity contribution in [1.82, 2.24) is 19.6 Å². The maximum absolute atomic E-state index is 12.8. The predicted octanol–water partition coefficient (Wildman–Crippen LogP) is 3.59. The normalized spacial score (nSPS) is 14.3. The van der Waals surface area contributed by atoms with Crippen LogP contribution in [-0.4, -0.2) is 45.4 Å². The van der Waals surface area contributed by atoms with Gasteiger partial charge in [0.2, 0.25) is 0 Å². The molecule has 1 aliphatic heterocycles. The molecule has 1 aliphatic rings. The number of imidazole rings is 1. The van der Waals surface area contributed by atoms with Crippen molar-refractivity contribution in [2.24, 2.45) is 0 Å². The first-order chi connectivity index (χ1) is 12.2. The van der Waals surface area contributed by atoms with Gasteiger partial charge in [0.15, 0.2) is 0 Å². The van der Waals surface area contributed by atoms with Crippen LogP contribution < -0.4 is 5.32 Å². The van der Waals surface area contributed by atoms with E-state index in [1.54, 1.807) is 11.5 Å². The van der Waals surface area contributed by atoms with Crippen molar-refractivity contribution in [2.45, 2.75) is 38.0 Å². The highest BCUT2D eigenvalue weighted by Crippen LogP contribution is 2.35. The summed E-state index contributed by atoms with van der Waals surface area (Å²) >= 11 is 0. The molecule has 28 heavy (non-hydrogen) atoms. The van der Waals surface area contributed by atoms with Crippen molar-refractivity contribution in [2.75, 3.05) is 13.1 Å². The van der Waals surface area contributed by atoms with Gasteiger partial charge in [-0.2, -0.15) is 22.0 Å². The molecule has 0 aliphatic carbocycles. The number of unbranched alkanes of at least 4 members (excludes halogenated alkanes) is 1. The molecule has 0 atom stereocenters. The zero-order chi connectivity index (χ0) is 18.9. The Labute approximate surface area is 170 Å². The Bertz CT molecular complexity index is 812. The second kappa shape index (κ2) is 9.23. The summed E-state index contributed by atoms with van der Waals surface area (Å²) in [6.45, 7) is 1.77. The molecule has 5 nitrogen and oxygen atoms in total. The summed E-state index contributed by atoms with van der Waals surface area (Å²) in [4.78, 5) is 17.4. The average Bonchev–Trinajstić information content (AvgIpc) is 2.98. The van der Waals surface area contributed by atoms with Gasteiger partial charge in [0, 0.05) is 25.3 Å². The van der Waals surface area contributed by atoms with Crippen molar-refractivity contribution in [3.05, 3.63) is 35.8 Å². The monoisotopic (exact) mass is 448 g/mol. The van der Waals surface area contributed by atoms with Crippen molar-refractivity contribution in [3.63, 3.8) is 0 Å². The van der Waals surface area contributed by atoms with Crippen LogP contribution in [0.25, 0.3) is 5.65 Å². The Morgan fingerprint density at radius 2 is 1.75 bits per heavy atom. The number of amides is 1. The van der Waals surface area contributed by atoms with Crippen LogP contribution in [0.4, 0.5) is 22.0 Å². The maximum Gasteiger partial charge on any atom is 0.463 e. The van der Waals surface area contributed by atoms with Crippen LogP contribution in [0.1, 0.15) is 24.2 Å². The minimum Gasteiger partial charge on any atom is -0.351 e. The zero-order valence-electron chi connectivity index (χ0n) is 14.5. The fourth-order valence-electron chi connectivity index (χ4n) is 2.98. The van der Waals surface area contributed by atoms with Crippen molar-refractivity contribution >= 4 is 36.4 Å². The van der Waals surface area contributed by atoms with Crippen molar-refractivity contribution < 1.29 is 26.7 Å². The topological polar surface area (TPSA) is 49.6 Å². The van der Waals surface area contributed by atoms with Gasteiger partial charge in [-0.25, -0.2) is 4.98 Å². The Morgan fingerprint density at radius 3 is 2.43 bits per heavy atom. The number of carbonyl (C=O) groups excluding carboxylic acids is 1. The summed E-state index contributed by atoms with van der Waals surface area (Å²) in [5, 5.41) is 1.65. The fourth-order valence-corrected chi connectivity index (χ4v) is 2.98. The number of alkyl halides is 5. The Hall–Kier alpha value is -1.65. The number of aromatic nitrogens is 2. The molecule has 1 amide bonds. The molecule has 3 heterocycles. The lowest BCUT2D eigenvalue weighted by atomic mass is 10.2. The van der Waals surface area contributed by atoms with Gasteiger partial charge < -0.3 is 5.32 Å². The Balaban J connectivity index is 0.00000196. The molecule has 2 aromatic rings. The summed E-state index contributed by atoms with van der Waals surface area (Å²) in [5.74, 6) is -7.67. The van der Waals surface area contributed by atoms with E-state index in [0.29, 0.717) is 32.5 Å². The zero-order valence-corrected chi connectivity index (χ0v) is 16.1. The molecule has 0 unspecified atom stereocenters. The molecule has 0 spiro atoms. The number of pyridine rings is 1. The van der Waals surface area contributed by atoms with Crippen LogP contribution in [0, 0.1) is 0 Å². The smallest absolute Gasteiger partial charge is 0.351 e. The number of rotatable bonds is 6. The fraction of sp³-hybridized carbons (Fsp3) is 0.500. The van der Waals surface area contributed by atoms with Gasteiger partial charge in [-0.05, 0) is 31.5 Å². The van der Waals surface area contributed by atoms with Gasteiger partial charge >= 0.3 is 12.1 Å². The van der Waals surface area contributed by atoms with Crippen LogP contribution in [0.3, 0.4) is 0 Å². The highest BCUT2D eigenvalue weighted by molar-refractivity contribution is 5.85. The summed E-state index contributed by atoms with van der Waals surface area (Å²) in [6, 6.07) is 5.83. The van der Waals surface area contributed by atoms with E-state index < -0.39 is 18.0 Å². The molecule has 0 fully saturated rings. The number of carbonyl (C=O) groups is 1. The third kappa shape index (κ3) is 4.84. The summed E-state index contributed by atoms with van der Waals surface area (Å²) in [6.07, 6.45) is -3.22. The molecule has 2 aromatic heterocycles. The molecule has 0 saturated heterocycles. The van der Waals surface area contributed by atoms with E-state index >= 15 is 0 Å². The quantitative estimate of drug-likeness (QED) is 0.542. The summed E-state index contributed by atoms with van der Waals surface area (Å²) in [7, 11) is 0. The number of hydrogen-bond acceptors (Lipinski definition) is 3. The first-order valence-electron chi connectivity index (χ1n) is 8.09. The predicted molar refractivity (Wildman–Crippen MR) is 97.0 cm³/mol. The lowest BCUT2D eigenvalue weighted by Crippen LogP contribution is -2.50. The number of nitrogens with one attached hydrogen (secondary N) is 1. The van der Waals surface area contributed by atoms with Crippen LogP contribution in [-0.2, 0) is 17.9 Å². The second-order valence-electron chi connectivity index (χ2n) is 6.21. The molecular weight excluding hydrogens is 430 g/mol. The van der Waals surface area contributed by atoms with Gasteiger partial charge in [0.1, 0.15) is 5.65 Å². The van der Waals surface area contributed by atoms with E-state index in [4.69, 9.17) is 0 Å². The molecule has 12 heteroatoms. The lowest BCUT2D eigenvalue weighted by molar-refractivity contribution is -0.269. The average molecular weight is 449 g/mol. The molecular formula is C16H19Cl2F5N4O. The van der Waals surface area contributed by atoms with Gasteiger partial charge in [-0.15, -0.1) is 24.8 Å². The Morgan fingerprint density at radius 1 is 1.07 bits per heavy atom. The van der Waals surface area contributed by atoms with E-state index in [-0.39, 0.29) is 31.4 Å². The standard InChI is InChI=1S/C16H17F5N4O.2ClH/c17-15(18,16(19,20)21)14(26)22-6-1-2-7-24-9-11-4-3-5-13-23-8-12(10-24)25(11)13;;/h3-5,8H,1-2,6-7,9-10H2,(H,22,26);2*1H. The maximum atomic E-state index is 12.8. The Kier molecular flexibility index (Phi) is 8.04. The minimum atomic E-state index is -5.88. The van der Waals surface area contributed by atoms with E-state index in [1.807, 2.05) is 18.2 Å². The van der Waals surface area contributed by atoms with Crippen molar-refractivity contribution in [3.8, 4) is 0 Å². The number of halogens is 7. The molecule has 0 saturated carbocycles. The third-order valence-electron chi connectivity index (χ3n) is 4.28. The molecule has 0 radical (unpaired) electrons. The molecule has 1 N–H and O–H groups in total. The molecule has 158 valence electrons. The van der Waals surface area contributed by atoms with Crippen LogP contribution >= 0.6 is 24.8 Å². The van der Waals surface area contributed by atoms with E-state index in [0.717, 1.165) is 17.0 Å². The lowest BCUT2D eigenvalue weighted by Gasteiger charge is -2.27. The van der Waals surface area contributed by atoms with Gasteiger partial charge in [-0.1, -0.05) is 6.07 Å². The van der Waals surface area contributed by atoms with Crippen LogP contribution in [0.15, 0.2) is 24.4 Å². The van der Waals surface area contributed by atoms with E-state index in [1.165, 1.54) is 0 Å². The van der Waals surface area contributed by atoms with E-state index in [9.17, 15) is 26.7 Å². The van der Waals surface area contributed by atoms with Gasteiger partial charge in [0.05, 0.1) is 11.9 Å². The van der Waals surface area contributed by atoms with E-state index in [2.05, 4.69) is 14.3 Å². The molecule has 0 aromatic carbocycles. The first-order valence-corrected chi connectivity index (χ1v) is 8.09. The number of hydrogen-bond donors (Lipinski definition) is 1. The minimum absolute atomic E-state index is 0. The third-order valence-corrected chi connectivity index (χ3v) is 4.28. The van der Waals surface area contributed by atoms with Crippen molar-refractivity contribution in [1.29, 1.82) is 0 Å². The molecule has 3 rings (SSSR count). The largest absolute Gasteiger partial charge is 0.463 e. The number of nitrogens with zero attached hydrogens (tertiary/aromatic N) is 3. The first kappa shape index (κ1) is 24.4. The SMILES string of the molecule is Cl.Cl.O=C(NCCCCN1Cc2cccc3ncc(n23)C1)C(F)(F)C(F)(F)F.